The Morgan fingerprint density at radius 1 is 0.652 bits per heavy atom. The average molecular weight is 295 g/mol. The van der Waals surface area contributed by atoms with E-state index in [1.54, 1.807) is 0 Å². The molecule has 0 fully saturated rings. The van der Waals surface area contributed by atoms with Crippen LogP contribution in [0.5, 0.6) is 0 Å². The molecule has 0 saturated heterocycles. The van der Waals surface area contributed by atoms with E-state index < -0.39 is 0 Å². The standard InChI is InChI=1S/C22H17N/c1-2-16-17-9-5-4-8-15(17)13-20-19-12-11-14-7-3-6-10-18(14)22(19)23-21(16)20/h3-13,23H,2H2,1H3. The van der Waals surface area contributed by atoms with E-state index >= 15 is 0 Å². The molecule has 4 aromatic carbocycles. The lowest BCUT2D eigenvalue weighted by Crippen LogP contribution is -1.86. The maximum atomic E-state index is 3.73. The fourth-order valence-corrected chi connectivity index (χ4v) is 3.90. The molecule has 1 heteroatoms. The van der Waals surface area contributed by atoms with Gasteiger partial charge in [0.15, 0.2) is 0 Å². The van der Waals surface area contributed by atoms with Crippen molar-refractivity contribution in [1.29, 1.82) is 0 Å². The molecule has 0 atom stereocenters. The fourth-order valence-electron chi connectivity index (χ4n) is 3.90. The summed E-state index contributed by atoms with van der Waals surface area (Å²) in [6.45, 7) is 2.24. The van der Waals surface area contributed by atoms with Gasteiger partial charge in [-0.25, -0.2) is 0 Å². The molecule has 1 nitrogen and oxygen atoms in total. The van der Waals surface area contributed by atoms with Crippen molar-refractivity contribution in [3.8, 4) is 0 Å². The third-order valence-corrected chi connectivity index (χ3v) is 4.98. The molecular weight excluding hydrogens is 278 g/mol. The fraction of sp³-hybridized carbons (Fsp3) is 0.0909. The van der Waals surface area contributed by atoms with Crippen LogP contribution in [-0.2, 0) is 6.42 Å². The summed E-state index contributed by atoms with van der Waals surface area (Å²) in [6.07, 6.45) is 1.03. The second-order valence-corrected chi connectivity index (χ2v) is 6.19. The van der Waals surface area contributed by atoms with Gasteiger partial charge in [0.1, 0.15) is 0 Å². The molecule has 0 aliphatic carbocycles. The largest absolute Gasteiger partial charge is 0.354 e. The minimum absolute atomic E-state index is 1.03. The first-order chi connectivity index (χ1) is 11.4. The topological polar surface area (TPSA) is 15.8 Å². The number of H-pyrrole nitrogens is 1. The molecule has 23 heavy (non-hydrogen) atoms. The van der Waals surface area contributed by atoms with E-state index in [2.05, 4.69) is 78.6 Å². The number of hydrogen-bond acceptors (Lipinski definition) is 0. The van der Waals surface area contributed by atoms with Crippen LogP contribution in [0.2, 0.25) is 0 Å². The van der Waals surface area contributed by atoms with Gasteiger partial charge in [-0.1, -0.05) is 67.6 Å². The van der Waals surface area contributed by atoms with Crippen molar-refractivity contribution >= 4 is 43.4 Å². The Kier molecular flexibility index (Phi) is 2.54. The summed E-state index contributed by atoms with van der Waals surface area (Å²) < 4.78 is 0. The predicted molar refractivity (Wildman–Crippen MR) is 100 cm³/mol. The minimum Gasteiger partial charge on any atom is -0.354 e. The maximum Gasteiger partial charge on any atom is 0.0544 e. The van der Waals surface area contributed by atoms with Crippen molar-refractivity contribution in [2.75, 3.05) is 0 Å². The van der Waals surface area contributed by atoms with Crippen molar-refractivity contribution < 1.29 is 0 Å². The van der Waals surface area contributed by atoms with Gasteiger partial charge in [-0.05, 0) is 34.2 Å². The van der Waals surface area contributed by atoms with Gasteiger partial charge in [-0.2, -0.15) is 0 Å². The summed E-state index contributed by atoms with van der Waals surface area (Å²) in [5, 5.41) is 7.92. The highest BCUT2D eigenvalue weighted by atomic mass is 14.7. The second-order valence-electron chi connectivity index (χ2n) is 6.19. The zero-order valence-electron chi connectivity index (χ0n) is 13.1. The molecule has 0 bridgehead atoms. The van der Waals surface area contributed by atoms with Crippen LogP contribution in [0.1, 0.15) is 12.5 Å². The summed E-state index contributed by atoms with van der Waals surface area (Å²) in [6, 6.07) is 24.1. The first-order valence-corrected chi connectivity index (χ1v) is 8.20. The Balaban J connectivity index is 2.07. The quantitative estimate of drug-likeness (QED) is 0.379. The highest BCUT2D eigenvalue weighted by Gasteiger charge is 2.12. The van der Waals surface area contributed by atoms with E-state index in [0.29, 0.717) is 0 Å². The Labute approximate surface area is 134 Å². The predicted octanol–water partition coefficient (Wildman–Crippen LogP) is 6.19. The van der Waals surface area contributed by atoms with Crippen LogP contribution < -0.4 is 0 Å². The van der Waals surface area contributed by atoms with E-state index in [9.17, 15) is 0 Å². The van der Waals surface area contributed by atoms with Crippen molar-refractivity contribution in [1.82, 2.24) is 4.98 Å². The Morgan fingerprint density at radius 3 is 2.22 bits per heavy atom. The van der Waals surface area contributed by atoms with Crippen molar-refractivity contribution in [2.45, 2.75) is 13.3 Å². The Morgan fingerprint density at radius 2 is 1.39 bits per heavy atom. The number of rotatable bonds is 1. The van der Waals surface area contributed by atoms with Crippen molar-refractivity contribution in [3.63, 3.8) is 0 Å². The average Bonchev–Trinajstić information content (AvgIpc) is 2.98. The highest BCUT2D eigenvalue weighted by Crippen LogP contribution is 2.36. The number of benzene rings is 4. The Hall–Kier alpha value is -2.80. The van der Waals surface area contributed by atoms with Crippen LogP contribution in [0.25, 0.3) is 43.4 Å². The smallest absolute Gasteiger partial charge is 0.0544 e. The highest BCUT2D eigenvalue weighted by molar-refractivity contribution is 6.20. The molecule has 110 valence electrons. The van der Waals surface area contributed by atoms with Crippen molar-refractivity contribution in [2.24, 2.45) is 0 Å². The first-order valence-electron chi connectivity index (χ1n) is 8.20. The van der Waals surface area contributed by atoms with Crippen molar-refractivity contribution in [3.05, 3.63) is 72.3 Å². The third kappa shape index (κ3) is 1.68. The number of aromatic nitrogens is 1. The minimum atomic E-state index is 1.03. The van der Waals surface area contributed by atoms with Gasteiger partial charge >= 0.3 is 0 Å². The maximum absolute atomic E-state index is 3.73. The summed E-state index contributed by atoms with van der Waals surface area (Å²) >= 11 is 0. The van der Waals surface area contributed by atoms with Gasteiger partial charge in [-0.3, -0.25) is 0 Å². The molecule has 1 N–H and O–H groups in total. The van der Waals surface area contributed by atoms with Gasteiger partial charge in [-0.15, -0.1) is 0 Å². The molecule has 5 rings (SSSR count). The van der Waals surface area contributed by atoms with Crippen LogP contribution in [0.15, 0.2) is 66.7 Å². The van der Waals surface area contributed by atoms with Crippen LogP contribution in [0.4, 0.5) is 0 Å². The normalized spacial score (nSPS) is 11.9. The van der Waals surface area contributed by atoms with E-state index in [4.69, 9.17) is 0 Å². The van der Waals surface area contributed by atoms with Crippen LogP contribution in [0, 0.1) is 0 Å². The molecule has 0 spiro atoms. The zero-order chi connectivity index (χ0) is 15.4. The number of aromatic amines is 1. The summed E-state index contributed by atoms with van der Waals surface area (Å²) in [5.74, 6) is 0. The summed E-state index contributed by atoms with van der Waals surface area (Å²) in [4.78, 5) is 3.73. The molecule has 0 unspecified atom stereocenters. The third-order valence-electron chi connectivity index (χ3n) is 4.98. The molecule has 0 amide bonds. The number of aryl methyl sites for hydroxylation is 1. The molecule has 0 radical (unpaired) electrons. The van der Waals surface area contributed by atoms with E-state index in [-0.39, 0.29) is 0 Å². The van der Waals surface area contributed by atoms with Gasteiger partial charge in [0, 0.05) is 16.2 Å². The number of fused-ring (bicyclic) bond motifs is 6. The molecule has 1 heterocycles. The van der Waals surface area contributed by atoms with E-state index in [1.807, 2.05) is 0 Å². The lowest BCUT2D eigenvalue weighted by molar-refractivity contribution is 1.17. The molecule has 0 saturated carbocycles. The second kappa shape index (κ2) is 4.60. The van der Waals surface area contributed by atoms with Crippen LogP contribution in [0.3, 0.4) is 0 Å². The molecule has 0 aliphatic rings. The lowest BCUT2D eigenvalue weighted by Gasteiger charge is -2.06. The van der Waals surface area contributed by atoms with Gasteiger partial charge in [0.2, 0.25) is 0 Å². The van der Waals surface area contributed by atoms with Gasteiger partial charge < -0.3 is 4.98 Å². The molecule has 0 aliphatic heterocycles. The monoisotopic (exact) mass is 295 g/mol. The number of nitrogens with one attached hydrogen (secondary N) is 1. The van der Waals surface area contributed by atoms with Crippen LogP contribution in [-0.4, -0.2) is 4.98 Å². The molecular formula is C22H17N. The van der Waals surface area contributed by atoms with Crippen LogP contribution >= 0.6 is 0 Å². The summed E-state index contributed by atoms with van der Waals surface area (Å²) in [7, 11) is 0. The molecule has 5 aromatic rings. The van der Waals surface area contributed by atoms with Gasteiger partial charge in [0.05, 0.1) is 11.0 Å². The van der Waals surface area contributed by atoms with E-state index in [0.717, 1.165) is 6.42 Å². The van der Waals surface area contributed by atoms with E-state index in [1.165, 1.54) is 48.9 Å². The zero-order valence-corrected chi connectivity index (χ0v) is 13.1. The Bertz CT molecular complexity index is 1190. The van der Waals surface area contributed by atoms with Gasteiger partial charge in [0.25, 0.3) is 0 Å². The first kappa shape index (κ1) is 12.7. The SMILES string of the molecule is CCc1c2ccccc2cc2c1[nH]c1c3ccccc3ccc21. The lowest BCUT2D eigenvalue weighted by atomic mass is 9.98. The summed E-state index contributed by atoms with van der Waals surface area (Å²) in [5.41, 5.74) is 3.96. The molecule has 1 aromatic heterocycles. The number of hydrogen-bond donors (Lipinski definition) is 1.